The lowest BCUT2D eigenvalue weighted by Gasteiger charge is -2.33. The Bertz CT molecular complexity index is 646. The van der Waals surface area contributed by atoms with Crippen LogP contribution in [0.5, 0.6) is 0 Å². The van der Waals surface area contributed by atoms with Crippen molar-refractivity contribution in [2.45, 2.75) is 64.9 Å². The molecule has 0 saturated carbocycles. The number of rotatable bonds is 6. The molecule has 32 heavy (non-hydrogen) atoms. The second-order valence-corrected chi connectivity index (χ2v) is 9.03. The molecule has 0 aromatic carbocycles. The summed E-state index contributed by atoms with van der Waals surface area (Å²) >= 11 is 0. The standard InChI is InChI=1S/C24H41N3O5/c1-19(2)8-15-32-23-17-27(20(3)28)13-12-26(16-21-6-9-25-10-7-21)11-4-5-14-31-18-22(29)24(23)30/h6-7,9-10,19,22-24,29-30H,4-5,8,11-18H2,1-3H3/t22-,23-,24-/m1/s1. The van der Waals surface area contributed by atoms with E-state index in [4.69, 9.17) is 9.47 Å². The van der Waals surface area contributed by atoms with Crippen molar-refractivity contribution >= 4 is 5.91 Å². The number of aliphatic hydroxyl groups excluding tert-OH is 2. The summed E-state index contributed by atoms with van der Waals surface area (Å²) in [6.07, 6.45) is 3.38. The molecule has 2 rings (SSSR count). The predicted molar refractivity (Wildman–Crippen MR) is 123 cm³/mol. The van der Waals surface area contributed by atoms with Gasteiger partial charge in [-0.25, -0.2) is 0 Å². The number of pyridine rings is 1. The van der Waals surface area contributed by atoms with Gasteiger partial charge >= 0.3 is 0 Å². The van der Waals surface area contributed by atoms with E-state index in [1.165, 1.54) is 12.5 Å². The van der Waals surface area contributed by atoms with Gasteiger partial charge in [-0.3, -0.25) is 14.7 Å². The third kappa shape index (κ3) is 9.92. The summed E-state index contributed by atoms with van der Waals surface area (Å²) < 4.78 is 11.6. The molecule has 0 aliphatic carbocycles. The van der Waals surface area contributed by atoms with Gasteiger partial charge in [0.05, 0.1) is 6.61 Å². The lowest BCUT2D eigenvalue weighted by molar-refractivity contribution is -0.140. The summed E-state index contributed by atoms with van der Waals surface area (Å²) in [5.74, 6) is 0.390. The number of carbonyl (C=O) groups excluding carboxylic acids is 1. The van der Waals surface area contributed by atoms with E-state index in [1.54, 1.807) is 17.3 Å². The highest BCUT2D eigenvalue weighted by Crippen LogP contribution is 2.13. The van der Waals surface area contributed by atoms with Crippen LogP contribution < -0.4 is 0 Å². The molecule has 0 bridgehead atoms. The van der Waals surface area contributed by atoms with E-state index >= 15 is 0 Å². The van der Waals surface area contributed by atoms with Crippen molar-refractivity contribution in [2.24, 2.45) is 5.92 Å². The highest BCUT2D eigenvalue weighted by atomic mass is 16.5. The molecule has 2 heterocycles. The largest absolute Gasteiger partial charge is 0.388 e. The smallest absolute Gasteiger partial charge is 0.219 e. The molecule has 2 N–H and O–H groups in total. The molecule has 1 aromatic heterocycles. The molecular weight excluding hydrogens is 410 g/mol. The Labute approximate surface area is 192 Å². The van der Waals surface area contributed by atoms with Crippen LogP contribution in [0.25, 0.3) is 0 Å². The molecule has 182 valence electrons. The molecule has 8 heteroatoms. The summed E-state index contributed by atoms with van der Waals surface area (Å²) in [5.41, 5.74) is 1.18. The molecule has 1 aromatic rings. The number of carbonyl (C=O) groups is 1. The molecule has 1 saturated heterocycles. The van der Waals surface area contributed by atoms with Crippen LogP contribution in [-0.2, 0) is 20.8 Å². The zero-order chi connectivity index (χ0) is 23.3. The van der Waals surface area contributed by atoms with Crippen LogP contribution in [-0.4, -0.2) is 95.2 Å². The zero-order valence-corrected chi connectivity index (χ0v) is 19.9. The summed E-state index contributed by atoms with van der Waals surface area (Å²) in [6, 6.07) is 4.01. The first-order chi connectivity index (χ1) is 15.4. The van der Waals surface area contributed by atoms with E-state index in [2.05, 4.69) is 23.7 Å². The number of aliphatic hydroxyl groups is 2. The lowest BCUT2D eigenvalue weighted by atomic mass is 10.1. The Morgan fingerprint density at radius 1 is 1.22 bits per heavy atom. The zero-order valence-electron chi connectivity index (χ0n) is 19.9. The molecule has 0 unspecified atom stereocenters. The fraction of sp³-hybridized carbons (Fsp3) is 0.750. The Balaban J connectivity index is 2.10. The van der Waals surface area contributed by atoms with Crippen LogP contribution in [0.15, 0.2) is 24.5 Å². The fourth-order valence-electron chi connectivity index (χ4n) is 3.68. The first-order valence-corrected chi connectivity index (χ1v) is 11.8. The molecule has 1 aliphatic rings. The number of ether oxygens (including phenoxy) is 2. The molecule has 8 nitrogen and oxygen atoms in total. The Morgan fingerprint density at radius 3 is 2.66 bits per heavy atom. The van der Waals surface area contributed by atoms with E-state index in [0.717, 1.165) is 32.4 Å². The number of nitrogens with zero attached hydrogens (tertiary/aromatic N) is 3. The fourth-order valence-corrected chi connectivity index (χ4v) is 3.68. The average molecular weight is 452 g/mol. The van der Waals surface area contributed by atoms with E-state index in [9.17, 15) is 15.0 Å². The first kappa shape index (κ1) is 26.7. The van der Waals surface area contributed by atoms with Crippen LogP contribution in [0, 0.1) is 5.92 Å². The minimum Gasteiger partial charge on any atom is -0.388 e. The molecule has 1 fully saturated rings. The van der Waals surface area contributed by atoms with Crippen LogP contribution in [0.4, 0.5) is 0 Å². The quantitative estimate of drug-likeness (QED) is 0.680. The van der Waals surface area contributed by atoms with Crippen molar-refractivity contribution in [1.82, 2.24) is 14.8 Å². The molecule has 3 atom stereocenters. The maximum atomic E-state index is 12.4. The van der Waals surface area contributed by atoms with Crippen molar-refractivity contribution in [1.29, 1.82) is 0 Å². The predicted octanol–water partition coefficient (Wildman–Crippen LogP) is 1.70. The van der Waals surface area contributed by atoms with E-state index in [1.807, 2.05) is 12.1 Å². The lowest BCUT2D eigenvalue weighted by Crippen LogP contribution is -2.50. The molecule has 0 spiro atoms. The van der Waals surface area contributed by atoms with Gasteiger partial charge in [-0.1, -0.05) is 13.8 Å². The Kier molecular flexibility index (Phi) is 12.1. The average Bonchev–Trinajstić information content (AvgIpc) is 2.76. The molecular formula is C24H41N3O5. The molecule has 0 radical (unpaired) electrons. The van der Waals surface area contributed by atoms with Gasteiger partial charge < -0.3 is 24.6 Å². The topological polar surface area (TPSA) is 95.4 Å². The third-order valence-electron chi connectivity index (χ3n) is 5.79. The van der Waals surface area contributed by atoms with Gasteiger partial charge in [0.1, 0.15) is 18.3 Å². The minimum absolute atomic E-state index is 0.0476. The maximum Gasteiger partial charge on any atom is 0.219 e. The summed E-state index contributed by atoms with van der Waals surface area (Å²) in [7, 11) is 0. The normalized spacial score (nSPS) is 24.9. The summed E-state index contributed by atoms with van der Waals surface area (Å²) in [5, 5.41) is 21.2. The van der Waals surface area contributed by atoms with Gasteiger partial charge in [-0.15, -0.1) is 0 Å². The van der Waals surface area contributed by atoms with Crippen molar-refractivity contribution in [3.8, 4) is 0 Å². The van der Waals surface area contributed by atoms with Gasteiger partial charge in [0.25, 0.3) is 0 Å². The minimum atomic E-state index is -1.13. The summed E-state index contributed by atoms with van der Waals surface area (Å²) in [6.45, 7) is 9.93. The first-order valence-electron chi connectivity index (χ1n) is 11.8. The van der Waals surface area contributed by atoms with Crippen molar-refractivity contribution in [2.75, 3.05) is 46.0 Å². The van der Waals surface area contributed by atoms with Crippen molar-refractivity contribution in [3.63, 3.8) is 0 Å². The Hall–Kier alpha value is -1.58. The molecule has 1 aliphatic heterocycles. The second-order valence-electron chi connectivity index (χ2n) is 9.03. The van der Waals surface area contributed by atoms with Crippen LogP contribution in [0.1, 0.15) is 45.6 Å². The van der Waals surface area contributed by atoms with E-state index < -0.39 is 18.3 Å². The Morgan fingerprint density at radius 2 is 1.97 bits per heavy atom. The monoisotopic (exact) mass is 451 g/mol. The number of hydrogen-bond donors (Lipinski definition) is 2. The maximum absolute atomic E-state index is 12.4. The van der Waals surface area contributed by atoms with Crippen LogP contribution in [0.3, 0.4) is 0 Å². The van der Waals surface area contributed by atoms with E-state index in [-0.39, 0.29) is 19.1 Å². The van der Waals surface area contributed by atoms with Gasteiger partial charge in [-0.2, -0.15) is 0 Å². The van der Waals surface area contributed by atoms with Gasteiger partial charge in [0, 0.05) is 58.7 Å². The van der Waals surface area contributed by atoms with Gasteiger partial charge in [0.15, 0.2) is 0 Å². The van der Waals surface area contributed by atoms with Crippen molar-refractivity contribution in [3.05, 3.63) is 30.1 Å². The second kappa shape index (κ2) is 14.5. The van der Waals surface area contributed by atoms with Crippen LogP contribution in [0.2, 0.25) is 0 Å². The molecule has 1 amide bonds. The van der Waals surface area contributed by atoms with Gasteiger partial charge in [-0.05, 0) is 49.4 Å². The third-order valence-corrected chi connectivity index (χ3v) is 5.79. The SMILES string of the molecule is CC(=O)N1CCN(Cc2ccncc2)CCCCOC[C@@H](O)[C@@H](O)[C@H](OCCC(C)C)C1. The van der Waals surface area contributed by atoms with Crippen LogP contribution >= 0.6 is 0 Å². The van der Waals surface area contributed by atoms with Gasteiger partial charge in [0.2, 0.25) is 5.91 Å². The highest BCUT2D eigenvalue weighted by molar-refractivity contribution is 5.73. The van der Waals surface area contributed by atoms with E-state index in [0.29, 0.717) is 32.2 Å². The number of amides is 1. The van der Waals surface area contributed by atoms with Crippen molar-refractivity contribution < 1.29 is 24.5 Å². The summed E-state index contributed by atoms with van der Waals surface area (Å²) in [4.78, 5) is 20.5. The number of hydrogen-bond acceptors (Lipinski definition) is 7. The highest BCUT2D eigenvalue weighted by Gasteiger charge is 2.30. The number of aromatic nitrogens is 1.